The van der Waals surface area contributed by atoms with Gasteiger partial charge in [0.2, 0.25) is 0 Å². The molecular formula is C40H68O4. The van der Waals surface area contributed by atoms with Crippen molar-refractivity contribution in [3.63, 3.8) is 0 Å². The molecule has 0 N–H and O–H groups in total. The van der Waals surface area contributed by atoms with Gasteiger partial charge in [0.05, 0.1) is 11.8 Å². The number of hydrogen-bond donors (Lipinski definition) is 0. The molecule has 5 aliphatic rings. The molecule has 5 fully saturated rings. The van der Waals surface area contributed by atoms with Gasteiger partial charge in [0.25, 0.3) is 0 Å². The van der Waals surface area contributed by atoms with E-state index in [-0.39, 0.29) is 36.0 Å². The Morgan fingerprint density at radius 1 is 0.409 bits per heavy atom. The van der Waals surface area contributed by atoms with Gasteiger partial charge in [-0.05, 0) is 149 Å². The summed E-state index contributed by atoms with van der Waals surface area (Å²) in [5.41, 5.74) is 0.789. The lowest BCUT2D eigenvalue weighted by Crippen LogP contribution is -2.39. The average Bonchev–Trinajstić information content (AvgIpc) is 3.02. The van der Waals surface area contributed by atoms with E-state index in [2.05, 4.69) is 41.5 Å². The van der Waals surface area contributed by atoms with Crippen LogP contribution in [0.5, 0.6) is 0 Å². The number of carbonyl (C=O) groups excluding carboxylic acids is 2. The normalized spacial score (nSPS) is 39.3. The first-order valence-corrected chi connectivity index (χ1v) is 19.3. The molecule has 5 aliphatic carbocycles. The largest absolute Gasteiger partial charge is 0.462 e. The second-order valence-electron chi connectivity index (χ2n) is 17.9. The van der Waals surface area contributed by atoms with Crippen molar-refractivity contribution in [1.29, 1.82) is 0 Å². The first-order chi connectivity index (χ1) is 20.9. The van der Waals surface area contributed by atoms with E-state index in [0.717, 1.165) is 86.9 Å². The van der Waals surface area contributed by atoms with E-state index in [1.807, 2.05) is 0 Å². The summed E-state index contributed by atoms with van der Waals surface area (Å²) in [5, 5.41) is 0. The molecule has 5 saturated carbocycles. The maximum atomic E-state index is 13.1. The molecule has 0 aromatic rings. The van der Waals surface area contributed by atoms with Crippen LogP contribution in [0.3, 0.4) is 0 Å². The first-order valence-electron chi connectivity index (χ1n) is 19.3. The third-order valence-electron chi connectivity index (χ3n) is 14.5. The Hall–Kier alpha value is -1.06. The smallest absolute Gasteiger partial charge is 0.309 e. The summed E-state index contributed by atoms with van der Waals surface area (Å²) in [7, 11) is 0. The van der Waals surface area contributed by atoms with Crippen molar-refractivity contribution in [2.24, 2.45) is 58.2 Å². The summed E-state index contributed by atoms with van der Waals surface area (Å²) in [6, 6.07) is 0. The molecule has 0 unspecified atom stereocenters. The van der Waals surface area contributed by atoms with Crippen molar-refractivity contribution in [2.45, 2.75) is 182 Å². The molecule has 4 nitrogen and oxygen atoms in total. The van der Waals surface area contributed by atoms with Gasteiger partial charge in [-0.15, -0.1) is 0 Å². The SMILES string of the molecule is CC1CCC(C(C)(C)C2CCC(OC(=O)C3CCC(C(=O)OC4CCC(C(C)(C)C5CCC(C)CC5)CC4)CC3)CC2)CC1. The van der Waals surface area contributed by atoms with Gasteiger partial charge in [-0.2, -0.15) is 0 Å². The van der Waals surface area contributed by atoms with Crippen LogP contribution in [0, 0.1) is 58.2 Å². The lowest BCUT2D eigenvalue weighted by Gasteiger charge is -2.46. The second kappa shape index (κ2) is 14.8. The zero-order valence-electron chi connectivity index (χ0n) is 29.5. The Bertz CT molecular complexity index is 837. The average molecular weight is 613 g/mol. The van der Waals surface area contributed by atoms with Gasteiger partial charge in [0, 0.05) is 0 Å². The Morgan fingerprint density at radius 2 is 0.659 bits per heavy atom. The summed E-state index contributed by atoms with van der Waals surface area (Å²) < 4.78 is 12.2. The van der Waals surface area contributed by atoms with Crippen LogP contribution in [0.1, 0.15) is 170 Å². The van der Waals surface area contributed by atoms with Crippen molar-refractivity contribution in [3.8, 4) is 0 Å². The lowest BCUT2D eigenvalue weighted by molar-refractivity contribution is -0.163. The topological polar surface area (TPSA) is 52.6 Å². The van der Waals surface area contributed by atoms with Gasteiger partial charge in [-0.25, -0.2) is 0 Å². The van der Waals surface area contributed by atoms with Gasteiger partial charge >= 0.3 is 11.9 Å². The molecule has 4 heteroatoms. The number of esters is 2. The molecule has 252 valence electrons. The Balaban J connectivity index is 0.979. The van der Waals surface area contributed by atoms with Crippen LogP contribution < -0.4 is 0 Å². The molecule has 0 radical (unpaired) electrons. The van der Waals surface area contributed by atoms with Crippen molar-refractivity contribution in [3.05, 3.63) is 0 Å². The minimum atomic E-state index is -0.0436. The minimum Gasteiger partial charge on any atom is -0.462 e. The summed E-state index contributed by atoms with van der Waals surface area (Å²) >= 11 is 0. The van der Waals surface area contributed by atoms with Crippen LogP contribution in [0.4, 0.5) is 0 Å². The highest BCUT2D eigenvalue weighted by molar-refractivity contribution is 5.75. The van der Waals surface area contributed by atoms with E-state index in [0.29, 0.717) is 10.8 Å². The highest BCUT2D eigenvalue weighted by Gasteiger charge is 2.43. The summed E-state index contributed by atoms with van der Waals surface area (Å²) in [4.78, 5) is 26.2. The van der Waals surface area contributed by atoms with E-state index >= 15 is 0 Å². The number of ether oxygens (including phenoxy) is 2. The second-order valence-corrected chi connectivity index (χ2v) is 17.9. The van der Waals surface area contributed by atoms with Crippen molar-refractivity contribution in [1.82, 2.24) is 0 Å². The zero-order chi connectivity index (χ0) is 31.5. The monoisotopic (exact) mass is 613 g/mol. The van der Waals surface area contributed by atoms with Crippen molar-refractivity contribution < 1.29 is 19.1 Å². The number of hydrogen-bond acceptors (Lipinski definition) is 4. The molecule has 0 saturated heterocycles. The van der Waals surface area contributed by atoms with Crippen LogP contribution in [0.2, 0.25) is 0 Å². The van der Waals surface area contributed by atoms with Gasteiger partial charge in [0.1, 0.15) is 12.2 Å². The molecule has 0 aliphatic heterocycles. The summed E-state index contributed by atoms with van der Waals surface area (Å²) in [5.74, 6) is 4.90. The molecule has 0 aromatic carbocycles. The Morgan fingerprint density at radius 3 is 0.932 bits per heavy atom. The molecule has 0 aromatic heterocycles. The standard InChI is InChI=1S/C40H68O4/c1-27-7-15-31(16-8-27)39(3,4)33-19-23-35(24-20-33)43-37(41)29-11-13-30(14-12-29)38(42)44-36-25-21-34(22-26-36)40(5,6)32-17-9-28(2)10-18-32/h27-36H,7-26H2,1-6H3. The summed E-state index contributed by atoms with van der Waals surface area (Å²) in [6.07, 6.45) is 23.2. The minimum absolute atomic E-state index is 0.00541. The van der Waals surface area contributed by atoms with Crippen LogP contribution in [-0.2, 0) is 19.1 Å². The highest BCUT2D eigenvalue weighted by Crippen LogP contribution is 2.51. The van der Waals surface area contributed by atoms with Gasteiger partial charge in [0.15, 0.2) is 0 Å². The third-order valence-corrected chi connectivity index (χ3v) is 14.5. The van der Waals surface area contributed by atoms with Crippen LogP contribution in [0.25, 0.3) is 0 Å². The molecule has 0 amide bonds. The molecule has 0 spiro atoms. The molecule has 0 bridgehead atoms. The lowest BCUT2D eigenvalue weighted by atomic mass is 9.60. The maximum absolute atomic E-state index is 13.1. The predicted octanol–water partition coefficient (Wildman–Crippen LogP) is 10.7. The van der Waals surface area contributed by atoms with Crippen molar-refractivity contribution >= 4 is 11.9 Å². The van der Waals surface area contributed by atoms with Gasteiger partial charge < -0.3 is 9.47 Å². The van der Waals surface area contributed by atoms with E-state index in [1.54, 1.807) is 0 Å². The molecule has 0 heterocycles. The van der Waals surface area contributed by atoms with Crippen LogP contribution in [0.15, 0.2) is 0 Å². The molecular weight excluding hydrogens is 544 g/mol. The van der Waals surface area contributed by atoms with Crippen LogP contribution >= 0.6 is 0 Å². The van der Waals surface area contributed by atoms with E-state index < -0.39 is 0 Å². The number of rotatable bonds is 8. The van der Waals surface area contributed by atoms with Crippen molar-refractivity contribution in [2.75, 3.05) is 0 Å². The molecule has 5 rings (SSSR count). The fraction of sp³-hybridized carbons (Fsp3) is 0.950. The quantitative estimate of drug-likeness (QED) is 0.256. The highest BCUT2D eigenvalue weighted by atomic mass is 16.5. The third kappa shape index (κ3) is 8.26. The van der Waals surface area contributed by atoms with Gasteiger partial charge in [-0.1, -0.05) is 67.2 Å². The predicted molar refractivity (Wildman–Crippen MR) is 179 cm³/mol. The molecule has 0 atom stereocenters. The van der Waals surface area contributed by atoms with Crippen LogP contribution in [-0.4, -0.2) is 24.1 Å². The van der Waals surface area contributed by atoms with E-state index in [1.165, 1.54) is 77.0 Å². The summed E-state index contributed by atoms with van der Waals surface area (Å²) in [6.45, 7) is 14.9. The van der Waals surface area contributed by atoms with Gasteiger partial charge in [-0.3, -0.25) is 9.59 Å². The molecule has 44 heavy (non-hydrogen) atoms. The van der Waals surface area contributed by atoms with E-state index in [4.69, 9.17) is 9.47 Å². The zero-order valence-corrected chi connectivity index (χ0v) is 29.5. The maximum Gasteiger partial charge on any atom is 0.309 e. The van der Waals surface area contributed by atoms with E-state index in [9.17, 15) is 9.59 Å². The Labute approximate surface area is 270 Å². The number of carbonyl (C=O) groups is 2. The Kier molecular flexibility index (Phi) is 11.5. The fourth-order valence-corrected chi connectivity index (χ4v) is 10.6. The first kappa shape index (κ1) is 34.3. The fourth-order valence-electron chi connectivity index (χ4n) is 10.6.